The Morgan fingerprint density at radius 3 is 2.45 bits per heavy atom. The lowest BCUT2D eigenvalue weighted by Crippen LogP contribution is -2.35. The molecule has 3 aromatic carbocycles. The van der Waals surface area contributed by atoms with E-state index in [1.165, 1.54) is 12.8 Å². The van der Waals surface area contributed by atoms with Crippen molar-refractivity contribution < 1.29 is 4.42 Å². The van der Waals surface area contributed by atoms with Crippen LogP contribution in [0.3, 0.4) is 0 Å². The number of nitrogens with zero attached hydrogens (tertiary/aromatic N) is 1. The molecule has 1 saturated carbocycles. The lowest BCUT2D eigenvalue weighted by atomic mass is 9.45. The highest BCUT2D eigenvalue weighted by Gasteiger charge is 2.32. The molecule has 31 heavy (non-hydrogen) atoms. The van der Waals surface area contributed by atoms with Gasteiger partial charge in [0.05, 0.1) is 21.4 Å². The summed E-state index contributed by atoms with van der Waals surface area (Å²) < 4.78 is 6.33. The van der Waals surface area contributed by atoms with Gasteiger partial charge >= 0.3 is 0 Å². The number of benzene rings is 3. The van der Waals surface area contributed by atoms with Gasteiger partial charge in [0.15, 0.2) is 0 Å². The van der Waals surface area contributed by atoms with Gasteiger partial charge in [-0.3, -0.25) is 4.98 Å². The summed E-state index contributed by atoms with van der Waals surface area (Å²) in [6.07, 6.45) is 6.39. The number of hydrogen-bond donors (Lipinski definition) is 0. The Labute approximate surface area is 184 Å². The summed E-state index contributed by atoms with van der Waals surface area (Å²) in [7, 11) is 13.4. The second-order valence-corrected chi connectivity index (χ2v) is 8.79. The molecule has 146 valence electrons. The monoisotopic (exact) mass is 397 g/mol. The molecular formula is C27H21B2NO. The molecule has 6 rings (SSSR count). The zero-order valence-electron chi connectivity index (χ0n) is 17.3. The molecule has 0 spiro atoms. The topological polar surface area (TPSA) is 26.0 Å². The third-order valence-corrected chi connectivity index (χ3v) is 6.94. The molecule has 0 saturated heterocycles. The van der Waals surface area contributed by atoms with Gasteiger partial charge in [0, 0.05) is 27.9 Å². The van der Waals surface area contributed by atoms with E-state index in [4.69, 9.17) is 25.1 Å². The van der Waals surface area contributed by atoms with Crippen LogP contribution >= 0.6 is 0 Å². The number of furan rings is 1. The summed E-state index contributed by atoms with van der Waals surface area (Å²) in [5, 5.41) is 3.56. The molecule has 4 heteroatoms. The minimum atomic E-state index is -0.845. The second-order valence-electron chi connectivity index (χ2n) is 8.79. The van der Waals surface area contributed by atoms with Gasteiger partial charge in [-0.2, -0.15) is 0 Å². The van der Waals surface area contributed by atoms with Crippen molar-refractivity contribution in [1.29, 1.82) is 0 Å². The van der Waals surface area contributed by atoms with Gasteiger partial charge in [-0.1, -0.05) is 78.9 Å². The molecule has 0 atom stereocenters. The number of fused-ring (bicyclic) bond motifs is 5. The standard InChI is InChI=1S/C27H21B2NO/c28-27(29,18-8-2-3-9-18)19-13-14-30-23(16-19)22-15-17-7-1-4-10-20(17)26-25(22)21-11-5-6-12-24(21)31-26/h1,4-7,10-16,18H,2-3,8-9H2. The lowest BCUT2D eigenvalue weighted by molar-refractivity contribution is 0.486. The van der Waals surface area contributed by atoms with Crippen molar-refractivity contribution in [3.8, 4) is 11.3 Å². The molecule has 0 bridgehead atoms. The molecule has 0 aliphatic heterocycles. The van der Waals surface area contributed by atoms with Crippen molar-refractivity contribution in [2.24, 2.45) is 5.92 Å². The molecule has 5 aromatic rings. The maximum atomic E-state index is 6.70. The van der Waals surface area contributed by atoms with Crippen LogP contribution in [-0.2, 0) is 5.21 Å². The maximum absolute atomic E-state index is 6.70. The van der Waals surface area contributed by atoms with Crippen LogP contribution in [0.2, 0.25) is 0 Å². The zero-order valence-corrected chi connectivity index (χ0v) is 17.3. The minimum Gasteiger partial charge on any atom is -0.455 e. The molecule has 1 fully saturated rings. The SMILES string of the molecule is [B]C([B])(c1ccnc(-c2cc3ccccc3c3oc4ccccc4c23)c1)C1CCCC1. The second kappa shape index (κ2) is 7.02. The predicted molar refractivity (Wildman–Crippen MR) is 130 cm³/mol. The summed E-state index contributed by atoms with van der Waals surface area (Å²) in [5.74, 6) is 0.300. The summed E-state index contributed by atoms with van der Waals surface area (Å²) in [6, 6.07) is 22.7. The van der Waals surface area contributed by atoms with Gasteiger partial charge in [0.25, 0.3) is 0 Å². The first kappa shape index (κ1) is 18.7. The Morgan fingerprint density at radius 2 is 1.61 bits per heavy atom. The van der Waals surface area contributed by atoms with Crippen LogP contribution in [0.15, 0.2) is 77.3 Å². The van der Waals surface area contributed by atoms with Crippen molar-refractivity contribution in [2.45, 2.75) is 30.9 Å². The third-order valence-electron chi connectivity index (χ3n) is 6.94. The van der Waals surface area contributed by atoms with Crippen molar-refractivity contribution in [2.75, 3.05) is 0 Å². The fraction of sp³-hybridized carbons (Fsp3) is 0.222. The van der Waals surface area contributed by atoms with E-state index in [9.17, 15) is 0 Å². The predicted octanol–water partition coefficient (Wildman–Crippen LogP) is 6.48. The average molecular weight is 397 g/mol. The summed E-state index contributed by atoms with van der Waals surface area (Å²) in [4.78, 5) is 4.74. The highest BCUT2D eigenvalue weighted by molar-refractivity contribution is 6.40. The van der Waals surface area contributed by atoms with Gasteiger partial charge < -0.3 is 4.42 Å². The van der Waals surface area contributed by atoms with Crippen molar-refractivity contribution in [1.82, 2.24) is 4.98 Å². The lowest BCUT2D eigenvalue weighted by Gasteiger charge is -2.33. The molecule has 4 radical (unpaired) electrons. The van der Waals surface area contributed by atoms with Crippen molar-refractivity contribution in [3.05, 3.63) is 78.5 Å². The van der Waals surface area contributed by atoms with Gasteiger partial charge in [-0.15, -0.1) is 0 Å². The van der Waals surface area contributed by atoms with Gasteiger partial charge in [-0.05, 0) is 35.6 Å². The van der Waals surface area contributed by atoms with Crippen LogP contribution in [0.5, 0.6) is 0 Å². The van der Waals surface area contributed by atoms with Crippen LogP contribution in [0.4, 0.5) is 0 Å². The first-order valence-electron chi connectivity index (χ1n) is 11.0. The summed E-state index contributed by atoms with van der Waals surface area (Å²) >= 11 is 0. The fourth-order valence-corrected chi connectivity index (χ4v) is 5.25. The van der Waals surface area contributed by atoms with Gasteiger partial charge in [0.1, 0.15) is 11.2 Å². The van der Waals surface area contributed by atoms with Crippen LogP contribution in [0.1, 0.15) is 31.2 Å². The van der Waals surface area contributed by atoms with Crippen molar-refractivity contribution in [3.63, 3.8) is 0 Å². The molecule has 1 aliphatic carbocycles. The van der Waals surface area contributed by atoms with E-state index in [2.05, 4.69) is 36.4 Å². The van der Waals surface area contributed by atoms with Gasteiger partial charge in [-0.25, -0.2) is 0 Å². The summed E-state index contributed by atoms with van der Waals surface area (Å²) in [6.45, 7) is 0. The Hall–Kier alpha value is -3.00. The van der Waals surface area contributed by atoms with E-state index >= 15 is 0 Å². The maximum Gasteiger partial charge on any atom is 0.143 e. The van der Waals surface area contributed by atoms with E-state index < -0.39 is 5.21 Å². The smallest absolute Gasteiger partial charge is 0.143 e. The Morgan fingerprint density at radius 1 is 0.871 bits per heavy atom. The zero-order chi connectivity index (χ0) is 21.0. The fourth-order valence-electron chi connectivity index (χ4n) is 5.25. The normalized spacial score (nSPS) is 15.4. The molecule has 0 N–H and O–H groups in total. The first-order chi connectivity index (χ1) is 15.1. The molecule has 2 aromatic heterocycles. The Kier molecular flexibility index (Phi) is 4.24. The van der Waals surface area contributed by atoms with E-state index in [1.54, 1.807) is 0 Å². The van der Waals surface area contributed by atoms with Gasteiger partial charge in [0.2, 0.25) is 0 Å². The highest BCUT2D eigenvalue weighted by atomic mass is 16.3. The largest absolute Gasteiger partial charge is 0.455 e. The van der Waals surface area contributed by atoms with E-state index in [1.807, 2.05) is 36.5 Å². The Balaban J connectivity index is 1.62. The molecule has 2 nitrogen and oxygen atoms in total. The van der Waals surface area contributed by atoms with Crippen molar-refractivity contribution >= 4 is 48.4 Å². The van der Waals surface area contributed by atoms with Crippen LogP contribution in [-0.4, -0.2) is 20.7 Å². The molecule has 1 aliphatic rings. The third kappa shape index (κ3) is 2.92. The summed E-state index contributed by atoms with van der Waals surface area (Å²) in [5.41, 5.74) is 4.63. The molecule has 2 heterocycles. The molecule has 0 amide bonds. The van der Waals surface area contributed by atoms with Crippen LogP contribution in [0, 0.1) is 5.92 Å². The van der Waals surface area contributed by atoms with E-state index in [-0.39, 0.29) is 0 Å². The number of rotatable bonds is 3. The Bertz CT molecular complexity index is 1430. The number of hydrogen-bond acceptors (Lipinski definition) is 2. The number of pyridine rings is 1. The quantitative estimate of drug-likeness (QED) is 0.326. The number of aromatic nitrogens is 1. The van der Waals surface area contributed by atoms with E-state index in [0.29, 0.717) is 5.92 Å². The van der Waals surface area contributed by atoms with Crippen LogP contribution in [0.25, 0.3) is 44.0 Å². The molecular weight excluding hydrogens is 376 g/mol. The highest BCUT2D eigenvalue weighted by Crippen LogP contribution is 2.42. The minimum absolute atomic E-state index is 0.300. The van der Waals surface area contributed by atoms with E-state index in [0.717, 1.165) is 62.4 Å². The number of para-hydroxylation sites is 1. The van der Waals surface area contributed by atoms with Crippen LogP contribution < -0.4 is 0 Å². The average Bonchev–Trinajstić information content (AvgIpc) is 3.48. The first-order valence-corrected chi connectivity index (χ1v) is 11.0. The molecule has 0 unspecified atom stereocenters.